The lowest BCUT2D eigenvalue weighted by molar-refractivity contribution is -0.131. The number of nitrogens with zero attached hydrogens (tertiary/aromatic N) is 3. The Morgan fingerprint density at radius 2 is 2.24 bits per heavy atom. The molecule has 0 saturated carbocycles. The molecule has 108 valence electrons. The summed E-state index contributed by atoms with van der Waals surface area (Å²) in [6, 6.07) is 3.73. The minimum Gasteiger partial charge on any atom is -0.340 e. The molecule has 21 heavy (non-hydrogen) atoms. The first-order chi connectivity index (χ1) is 10.1. The molecule has 0 aromatic carbocycles. The monoisotopic (exact) mass is 319 g/mol. The molecule has 1 amide bonds. The van der Waals surface area contributed by atoms with Gasteiger partial charge in [0.2, 0.25) is 5.91 Å². The highest BCUT2D eigenvalue weighted by molar-refractivity contribution is 7.16. The average Bonchev–Trinajstić information content (AvgIpc) is 3.12. The van der Waals surface area contributed by atoms with Gasteiger partial charge >= 0.3 is 0 Å². The molecule has 5 nitrogen and oxygen atoms in total. The van der Waals surface area contributed by atoms with Gasteiger partial charge < -0.3 is 4.90 Å². The number of fused-ring (bicyclic) bond motifs is 1. The van der Waals surface area contributed by atoms with Gasteiger partial charge in [0.1, 0.15) is 11.4 Å². The van der Waals surface area contributed by atoms with Crippen LogP contribution in [0.1, 0.15) is 5.56 Å². The highest BCUT2D eigenvalue weighted by atomic mass is 32.1. The smallest absolute Gasteiger partial charge is 0.262 e. The largest absolute Gasteiger partial charge is 0.340 e. The fraction of sp³-hybridized carbons (Fsp3) is 0.214. The van der Waals surface area contributed by atoms with Crippen molar-refractivity contribution in [3.05, 3.63) is 50.5 Å². The normalized spacial score (nSPS) is 10.9. The van der Waals surface area contributed by atoms with Crippen molar-refractivity contribution >= 4 is 38.8 Å². The first-order valence-electron chi connectivity index (χ1n) is 6.33. The Morgan fingerprint density at radius 1 is 1.38 bits per heavy atom. The first-order valence-corrected chi connectivity index (χ1v) is 8.15. The summed E-state index contributed by atoms with van der Waals surface area (Å²) in [4.78, 5) is 31.0. The number of amides is 1. The Morgan fingerprint density at radius 3 is 3.00 bits per heavy atom. The van der Waals surface area contributed by atoms with Gasteiger partial charge in [-0.05, 0) is 33.8 Å². The number of carbonyl (C=O) groups excluding carboxylic acids is 1. The fourth-order valence-electron chi connectivity index (χ4n) is 2.02. The number of likely N-dealkylation sites (N-methyl/N-ethyl adjacent to an activating group) is 1. The Balaban J connectivity index is 1.76. The van der Waals surface area contributed by atoms with Gasteiger partial charge in [-0.3, -0.25) is 14.2 Å². The molecular weight excluding hydrogens is 306 g/mol. The third-order valence-corrected chi connectivity index (χ3v) is 4.73. The van der Waals surface area contributed by atoms with Crippen molar-refractivity contribution in [3.8, 4) is 0 Å². The number of carbonyl (C=O) groups is 1. The SMILES string of the molecule is CN(Cc1ccsc1)C(=O)Cn1cnc2sccc2c1=O. The molecule has 3 heterocycles. The van der Waals surface area contributed by atoms with E-state index in [1.807, 2.05) is 22.2 Å². The van der Waals surface area contributed by atoms with Gasteiger partial charge in [0, 0.05) is 13.6 Å². The number of rotatable bonds is 4. The van der Waals surface area contributed by atoms with E-state index >= 15 is 0 Å². The second-order valence-electron chi connectivity index (χ2n) is 4.70. The predicted molar refractivity (Wildman–Crippen MR) is 84.7 cm³/mol. The van der Waals surface area contributed by atoms with Crippen LogP contribution in [0.2, 0.25) is 0 Å². The van der Waals surface area contributed by atoms with E-state index in [-0.39, 0.29) is 18.0 Å². The van der Waals surface area contributed by atoms with Crippen LogP contribution in [0.3, 0.4) is 0 Å². The van der Waals surface area contributed by atoms with Crippen molar-refractivity contribution in [3.63, 3.8) is 0 Å². The number of aromatic nitrogens is 2. The molecule has 0 aliphatic carbocycles. The Kier molecular flexibility index (Phi) is 3.85. The average molecular weight is 319 g/mol. The predicted octanol–water partition coefficient (Wildman–Crippen LogP) is 2.18. The van der Waals surface area contributed by atoms with E-state index in [0.717, 1.165) is 5.56 Å². The zero-order chi connectivity index (χ0) is 14.8. The zero-order valence-electron chi connectivity index (χ0n) is 11.4. The summed E-state index contributed by atoms with van der Waals surface area (Å²) < 4.78 is 1.36. The van der Waals surface area contributed by atoms with E-state index in [0.29, 0.717) is 16.8 Å². The van der Waals surface area contributed by atoms with Gasteiger partial charge in [0.15, 0.2) is 0 Å². The number of hydrogen-bond acceptors (Lipinski definition) is 5. The van der Waals surface area contributed by atoms with Crippen molar-refractivity contribution in [1.82, 2.24) is 14.5 Å². The van der Waals surface area contributed by atoms with Gasteiger partial charge in [0.05, 0.1) is 11.7 Å². The van der Waals surface area contributed by atoms with Crippen molar-refractivity contribution in [2.24, 2.45) is 0 Å². The molecule has 0 bridgehead atoms. The van der Waals surface area contributed by atoms with Gasteiger partial charge in [0.25, 0.3) is 5.56 Å². The third kappa shape index (κ3) is 2.88. The highest BCUT2D eigenvalue weighted by Gasteiger charge is 2.13. The van der Waals surface area contributed by atoms with Crippen LogP contribution in [0.25, 0.3) is 10.2 Å². The molecule has 3 rings (SSSR count). The molecule has 0 radical (unpaired) electrons. The minimum absolute atomic E-state index is 0.0122. The van der Waals surface area contributed by atoms with Gasteiger partial charge in [-0.15, -0.1) is 11.3 Å². The summed E-state index contributed by atoms with van der Waals surface area (Å²) in [5.74, 6) is -0.111. The van der Waals surface area contributed by atoms with E-state index in [1.54, 1.807) is 29.4 Å². The van der Waals surface area contributed by atoms with Crippen LogP contribution in [-0.4, -0.2) is 27.4 Å². The quantitative estimate of drug-likeness (QED) is 0.740. The first kappa shape index (κ1) is 14.0. The van der Waals surface area contributed by atoms with Crippen LogP contribution in [0.15, 0.2) is 39.4 Å². The molecule has 3 aromatic rings. The van der Waals surface area contributed by atoms with E-state index in [2.05, 4.69) is 4.98 Å². The molecule has 0 saturated heterocycles. The Labute approximate surface area is 129 Å². The van der Waals surface area contributed by atoms with Crippen molar-refractivity contribution < 1.29 is 4.79 Å². The summed E-state index contributed by atoms with van der Waals surface area (Å²) in [7, 11) is 1.74. The Bertz CT molecular complexity index is 820. The van der Waals surface area contributed by atoms with Crippen LogP contribution in [0, 0.1) is 0 Å². The topological polar surface area (TPSA) is 55.2 Å². The van der Waals surface area contributed by atoms with E-state index < -0.39 is 0 Å². The third-order valence-electron chi connectivity index (χ3n) is 3.18. The zero-order valence-corrected chi connectivity index (χ0v) is 13.0. The maximum absolute atomic E-state index is 12.2. The summed E-state index contributed by atoms with van der Waals surface area (Å²) in [6.45, 7) is 0.559. The van der Waals surface area contributed by atoms with Crippen molar-refractivity contribution in [1.29, 1.82) is 0 Å². The van der Waals surface area contributed by atoms with Crippen molar-refractivity contribution in [2.75, 3.05) is 7.05 Å². The van der Waals surface area contributed by atoms with E-state index in [1.165, 1.54) is 22.2 Å². The highest BCUT2D eigenvalue weighted by Crippen LogP contribution is 2.13. The molecular formula is C14H13N3O2S2. The lowest BCUT2D eigenvalue weighted by Gasteiger charge is -2.17. The second-order valence-corrected chi connectivity index (χ2v) is 6.37. The second kappa shape index (κ2) is 5.79. The number of hydrogen-bond donors (Lipinski definition) is 0. The van der Waals surface area contributed by atoms with Crippen LogP contribution in [-0.2, 0) is 17.9 Å². The van der Waals surface area contributed by atoms with Gasteiger partial charge in [-0.2, -0.15) is 11.3 Å². The maximum Gasteiger partial charge on any atom is 0.262 e. The molecule has 0 atom stereocenters. The molecule has 7 heteroatoms. The lowest BCUT2D eigenvalue weighted by Crippen LogP contribution is -2.33. The van der Waals surface area contributed by atoms with Crippen molar-refractivity contribution in [2.45, 2.75) is 13.1 Å². The van der Waals surface area contributed by atoms with Gasteiger partial charge in [-0.1, -0.05) is 0 Å². The summed E-state index contributed by atoms with van der Waals surface area (Å²) >= 11 is 3.02. The van der Waals surface area contributed by atoms with Gasteiger partial charge in [-0.25, -0.2) is 4.98 Å². The summed E-state index contributed by atoms with van der Waals surface area (Å²) in [6.07, 6.45) is 1.44. The fourth-order valence-corrected chi connectivity index (χ4v) is 3.40. The van der Waals surface area contributed by atoms with Crippen LogP contribution in [0.4, 0.5) is 0 Å². The molecule has 3 aromatic heterocycles. The molecule has 0 fully saturated rings. The molecule has 0 spiro atoms. The van der Waals surface area contributed by atoms with Crippen LogP contribution >= 0.6 is 22.7 Å². The molecule has 0 N–H and O–H groups in total. The standard InChI is InChI=1S/C14H13N3O2S2/c1-16(6-10-2-4-20-8-10)12(18)7-17-9-15-13-11(14(17)19)3-5-21-13/h2-5,8-9H,6-7H2,1H3. The van der Waals surface area contributed by atoms with Crippen LogP contribution in [0.5, 0.6) is 0 Å². The molecule has 0 unspecified atom stereocenters. The lowest BCUT2D eigenvalue weighted by atomic mass is 10.3. The van der Waals surface area contributed by atoms with Crippen LogP contribution < -0.4 is 5.56 Å². The minimum atomic E-state index is -0.168. The molecule has 0 aliphatic rings. The summed E-state index contributed by atoms with van der Waals surface area (Å²) in [5.41, 5.74) is 0.924. The Hall–Kier alpha value is -1.99. The van der Waals surface area contributed by atoms with E-state index in [9.17, 15) is 9.59 Å². The summed E-state index contributed by atoms with van der Waals surface area (Å²) in [5, 5.41) is 6.38. The molecule has 0 aliphatic heterocycles. The number of thiophene rings is 2. The maximum atomic E-state index is 12.2. The van der Waals surface area contributed by atoms with E-state index in [4.69, 9.17) is 0 Å².